The van der Waals surface area contributed by atoms with Crippen LogP contribution in [0.4, 0.5) is 0 Å². The highest BCUT2D eigenvalue weighted by atomic mass is 16.3. The van der Waals surface area contributed by atoms with Gasteiger partial charge in [0.05, 0.1) is 0 Å². The van der Waals surface area contributed by atoms with Crippen LogP contribution in [0.1, 0.15) is 17.2 Å². The molecule has 1 aromatic rings. The first-order valence-corrected chi connectivity index (χ1v) is 4.89. The molecule has 1 aliphatic rings. The third-order valence-electron chi connectivity index (χ3n) is 2.78. The molecule has 0 aliphatic carbocycles. The Balaban J connectivity index is 2.50. The number of carbonyl (C=O) groups is 1. The van der Waals surface area contributed by atoms with Crippen LogP contribution in [0.3, 0.4) is 0 Å². The second kappa shape index (κ2) is 3.81. The first-order valence-electron chi connectivity index (χ1n) is 4.89. The van der Waals surface area contributed by atoms with Gasteiger partial charge in [-0.2, -0.15) is 0 Å². The first-order chi connectivity index (χ1) is 7.24. The monoisotopic (exact) mass is 204 g/mol. The van der Waals surface area contributed by atoms with Crippen molar-refractivity contribution in [2.45, 2.75) is 12.5 Å². The summed E-state index contributed by atoms with van der Waals surface area (Å²) in [5.41, 5.74) is 1.79. The van der Waals surface area contributed by atoms with Crippen molar-refractivity contribution in [2.24, 2.45) is 5.18 Å². The van der Waals surface area contributed by atoms with Crippen LogP contribution in [-0.2, 0) is 11.2 Å². The van der Waals surface area contributed by atoms with Gasteiger partial charge in [-0.25, -0.2) is 0 Å². The minimum Gasteiger partial charge on any atom is -0.343 e. The minimum atomic E-state index is -0.867. The third-order valence-corrected chi connectivity index (χ3v) is 2.78. The van der Waals surface area contributed by atoms with Gasteiger partial charge < -0.3 is 4.90 Å². The molecule has 1 amide bonds. The van der Waals surface area contributed by atoms with E-state index in [1.165, 1.54) is 0 Å². The number of carbonyl (C=O) groups excluding carboxylic acids is 1. The minimum absolute atomic E-state index is 0.213. The molecular weight excluding hydrogens is 192 g/mol. The molecular formula is C11H12N2O2. The van der Waals surface area contributed by atoms with Crippen LogP contribution in [0.15, 0.2) is 29.4 Å². The highest BCUT2D eigenvalue weighted by Crippen LogP contribution is 2.26. The fraction of sp³-hybridized carbons (Fsp3) is 0.364. The van der Waals surface area contributed by atoms with Gasteiger partial charge in [0.2, 0.25) is 0 Å². The van der Waals surface area contributed by atoms with Gasteiger partial charge in [0.15, 0.2) is 6.04 Å². The van der Waals surface area contributed by atoms with E-state index in [1.807, 2.05) is 18.2 Å². The highest BCUT2D eigenvalue weighted by Gasteiger charge is 2.29. The van der Waals surface area contributed by atoms with Crippen molar-refractivity contribution in [3.63, 3.8) is 0 Å². The third kappa shape index (κ3) is 1.63. The van der Waals surface area contributed by atoms with Gasteiger partial charge in [0.1, 0.15) is 0 Å². The van der Waals surface area contributed by atoms with E-state index in [9.17, 15) is 9.70 Å². The average molecular weight is 204 g/mol. The second-order valence-corrected chi connectivity index (χ2v) is 3.72. The van der Waals surface area contributed by atoms with Crippen LogP contribution >= 0.6 is 0 Å². The van der Waals surface area contributed by atoms with E-state index < -0.39 is 6.04 Å². The van der Waals surface area contributed by atoms with Gasteiger partial charge >= 0.3 is 0 Å². The summed E-state index contributed by atoms with van der Waals surface area (Å²) in [5.74, 6) is -0.213. The number of likely N-dealkylation sites (N-methyl/N-ethyl adjacent to an activating group) is 1. The van der Waals surface area contributed by atoms with Gasteiger partial charge in [-0.1, -0.05) is 29.4 Å². The Morgan fingerprint density at radius 1 is 1.40 bits per heavy atom. The van der Waals surface area contributed by atoms with Crippen molar-refractivity contribution in [1.82, 2.24) is 4.90 Å². The molecule has 0 radical (unpaired) electrons. The lowest BCUT2D eigenvalue weighted by Gasteiger charge is -2.15. The van der Waals surface area contributed by atoms with Crippen LogP contribution in [0.25, 0.3) is 0 Å². The van der Waals surface area contributed by atoms with E-state index in [4.69, 9.17) is 0 Å². The Morgan fingerprint density at radius 2 is 2.13 bits per heavy atom. The van der Waals surface area contributed by atoms with E-state index in [-0.39, 0.29) is 5.91 Å². The van der Waals surface area contributed by atoms with Crippen molar-refractivity contribution in [3.05, 3.63) is 40.3 Å². The smallest absolute Gasteiger partial charge is 0.255 e. The first kappa shape index (κ1) is 9.83. The summed E-state index contributed by atoms with van der Waals surface area (Å²) in [7, 11) is 1.70. The fourth-order valence-corrected chi connectivity index (χ4v) is 1.87. The summed E-state index contributed by atoms with van der Waals surface area (Å²) in [4.78, 5) is 24.1. The van der Waals surface area contributed by atoms with Gasteiger partial charge in [0.25, 0.3) is 5.91 Å². The normalized spacial score (nSPS) is 20.7. The molecule has 1 aromatic carbocycles. The Kier molecular flexibility index (Phi) is 2.49. The SMILES string of the molecule is CN1CCc2ccccc2C(N=O)C1=O. The predicted octanol–water partition coefficient (Wildman–Crippen LogP) is 1.51. The van der Waals surface area contributed by atoms with E-state index >= 15 is 0 Å². The Hall–Kier alpha value is -1.71. The molecule has 2 rings (SSSR count). The molecule has 15 heavy (non-hydrogen) atoms. The summed E-state index contributed by atoms with van der Waals surface area (Å²) in [6.07, 6.45) is 0.782. The standard InChI is InChI=1S/C11H12N2O2/c1-13-7-6-8-4-2-3-5-9(8)10(12-15)11(13)14/h2-5,10H,6-7H2,1H3. The van der Waals surface area contributed by atoms with E-state index in [0.29, 0.717) is 6.54 Å². The molecule has 0 saturated heterocycles. The number of rotatable bonds is 1. The lowest BCUT2D eigenvalue weighted by Crippen LogP contribution is -2.30. The number of hydrogen-bond acceptors (Lipinski definition) is 3. The maximum Gasteiger partial charge on any atom is 0.255 e. The molecule has 0 N–H and O–H groups in total. The second-order valence-electron chi connectivity index (χ2n) is 3.72. The van der Waals surface area contributed by atoms with Crippen LogP contribution in [-0.4, -0.2) is 24.4 Å². The fourth-order valence-electron chi connectivity index (χ4n) is 1.87. The summed E-state index contributed by atoms with van der Waals surface area (Å²) < 4.78 is 0. The number of nitrogens with zero attached hydrogens (tertiary/aromatic N) is 2. The van der Waals surface area contributed by atoms with Crippen molar-refractivity contribution < 1.29 is 4.79 Å². The zero-order valence-corrected chi connectivity index (χ0v) is 8.51. The molecule has 1 heterocycles. The summed E-state index contributed by atoms with van der Waals surface area (Å²) in [6, 6.07) is 6.62. The lowest BCUT2D eigenvalue weighted by atomic mass is 10.00. The molecule has 0 saturated carbocycles. The molecule has 0 spiro atoms. The Morgan fingerprint density at radius 3 is 2.87 bits per heavy atom. The highest BCUT2D eigenvalue weighted by molar-refractivity contribution is 5.84. The van der Waals surface area contributed by atoms with E-state index in [2.05, 4.69) is 5.18 Å². The number of fused-ring (bicyclic) bond motifs is 1. The van der Waals surface area contributed by atoms with Crippen molar-refractivity contribution in [1.29, 1.82) is 0 Å². The average Bonchev–Trinajstić information content (AvgIpc) is 2.38. The number of amides is 1. The van der Waals surface area contributed by atoms with E-state index in [1.54, 1.807) is 18.0 Å². The molecule has 4 heteroatoms. The van der Waals surface area contributed by atoms with Crippen molar-refractivity contribution >= 4 is 5.91 Å². The number of nitroso groups, excluding NO2 is 1. The Bertz CT molecular complexity index is 403. The molecule has 0 bridgehead atoms. The molecule has 78 valence electrons. The van der Waals surface area contributed by atoms with Crippen LogP contribution in [0, 0.1) is 4.91 Å². The summed E-state index contributed by atoms with van der Waals surface area (Å²) in [5, 5.41) is 2.94. The quantitative estimate of drug-likeness (QED) is 0.651. The van der Waals surface area contributed by atoms with Crippen LogP contribution in [0.2, 0.25) is 0 Å². The van der Waals surface area contributed by atoms with E-state index in [0.717, 1.165) is 17.5 Å². The molecule has 1 unspecified atom stereocenters. The van der Waals surface area contributed by atoms with Crippen LogP contribution < -0.4 is 0 Å². The van der Waals surface area contributed by atoms with Gasteiger partial charge in [-0.05, 0) is 17.5 Å². The molecule has 0 aromatic heterocycles. The maximum absolute atomic E-state index is 11.8. The molecule has 4 nitrogen and oxygen atoms in total. The molecule has 0 fully saturated rings. The van der Waals surface area contributed by atoms with Gasteiger partial charge in [-0.15, -0.1) is 4.91 Å². The topological polar surface area (TPSA) is 49.7 Å². The maximum atomic E-state index is 11.8. The van der Waals surface area contributed by atoms with Crippen LogP contribution in [0.5, 0.6) is 0 Å². The number of hydrogen-bond donors (Lipinski definition) is 0. The van der Waals surface area contributed by atoms with Crippen molar-refractivity contribution in [2.75, 3.05) is 13.6 Å². The Labute approximate surface area is 87.9 Å². The van der Waals surface area contributed by atoms with Gasteiger partial charge in [-0.3, -0.25) is 4.79 Å². The molecule has 1 atom stereocenters. The zero-order valence-electron chi connectivity index (χ0n) is 8.51. The predicted molar refractivity (Wildman–Crippen MR) is 56.3 cm³/mol. The van der Waals surface area contributed by atoms with Gasteiger partial charge in [0, 0.05) is 13.6 Å². The summed E-state index contributed by atoms with van der Waals surface area (Å²) in [6.45, 7) is 0.641. The zero-order chi connectivity index (χ0) is 10.8. The van der Waals surface area contributed by atoms with Crippen molar-refractivity contribution in [3.8, 4) is 0 Å². The largest absolute Gasteiger partial charge is 0.343 e. The lowest BCUT2D eigenvalue weighted by molar-refractivity contribution is -0.131. The summed E-state index contributed by atoms with van der Waals surface area (Å²) >= 11 is 0. The molecule has 1 aliphatic heterocycles. The number of benzene rings is 1.